The van der Waals surface area contributed by atoms with Gasteiger partial charge < -0.3 is 20.1 Å². The Balaban J connectivity index is 2.56. The van der Waals surface area contributed by atoms with Crippen molar-refractivity contribution in [2.45, 2.75) is 51.2 Å². The number of hydrogen-bond acceptors (Lipinski definition) is 6. The number of aliphatic hydroxyl groups excluding tert-OH is 3. The lowest BCUT2D eigenvalue weighted by Crippen LogP contribution is -2.34. The Morgan fingerprint density at radius 1 is 1.14 bits per heavy atom. The standard InChI is InChI=1S/C15H26N2O4/c1-2-3-5-12-9-17-13(10-16-12)8-15(14(20)11-19)21-7-4-6-18/h9-10,14-15,18-20H,2-8,11H2,1H3/t14-,15+/m1/s1. The molecule has 6 nitrogen and oxygen atoms in total. The molecule has 0 bridgehead atoms. The molecule has 3 N–H and O–H groups in total. The summed E-state index contributed by atoms with van der Waals surface area (Å²) < 4.78 is 5.50. The van der Waals surface area contributed by atoms with Crippen molar-refractivity contribution in [2.75, 3.05) is 19.8 Å². The molecule has 21 heavy (non-hydrogen) atoms. The summed E-state index contributed by atoms with van der Waals surface area (Å²) in [5.41, 5.74) is 1.68. The first-order chi connectivity index (χ1) is 10.2. The molecule has 1 aromatic rings. The molecule has 1 aromatic heterocycles. The van der Waals surface area contributed by atoms with Crippen LogP contribution in [0.2, 0.25) is 0 Å². The summed E-state index contributed by atoms with van der Waals surface area (Å²) >= 11 is 0. The van der Waals surface area contributed by atoms with Gasteiger partial charge in [0, 0.05) is 32.0 Å². The van der Waals surface area contributed by atoms with Gasteiger partial charge >= 0.3 is 0 Å². The third-order valence-electron chi connectivity index (χ3n) is 3.21. The molecule has 1 rings (SSSR count). The summed E-state index contributed by atoms with van der Waals surface area (Å²) in [6.07, 6.45) is 5.93. The van der Waals surface area contributed by atoms with Crippen molar-refractivity contribution in [1.82, 2.24) is 9.97 Å². The second-order valence-electron chi connectivity index (χ2n) is 5.04. The summed E-state index contributed by atoms with van der Waals surface area (Å²) in [6, 6.07) is 0. The highest BCUT2D eigenvalue weighted by Crippen LogP contribution is 2.09. The number of aliphatic hydroxyl groups is 3. The third kappa shape index (κ3) is 6.95. The second-order valence-corrected chi connectivity index (χ2v) is 5.04. The first-order valence-electron chi connectivity index (χ1n) is 7.52. The molecule has 120 valence electrons. The summed E-state index contributed by atoms with van der Waals surface area (Å²) in [6.45, 7) is 2.13. The van der Waals surface area contributed by atoms with Crippen LogP contribution >= 0.6 is 0 Å². The predicted molar refractivity (Wildman–Crippen MR) is 78.9 cm³/mol. The summed E-state index contributed by atoms with van der Waals surface area (Å²) in [5, 5.41) is 27.6. The van der Waals surface area contributed by atoms with E-state index in [0.29, 0.717) is 19.4 Å². The molecule has 1 heterocycles. The zero-order valence-electron chi connectivity index (χ0n) is 12.6. The maximum atomic E-state index is 9.76. The zero-order valence-corrected chi connectivity index (χ0v) is 12.6. The first-order valence-corrected chi connectivity index (χ1v) is 7.52. The first kappa shape index (κ1) is 18.0. The molecule has 0 fully saturated rings. The Bertz CT molecular complexity index is 372. The highest BCUT2D eigenvalue weighted by atomic mass is 16.5. The molecule has 0 amide bonds. The van der Waals surface area contributed by atoms with Gasteiger partial charge in [0.15, 0.2) is 0 Å². The van der Waals surface area contributed by atoms with Gasteiger partial charge in [-0.05, 0) is 19.3 Å². The molecule has 2 atom stereocenters. The molecule has 0 aliphatic rings. The van der Waals surface area contributed by atoms with Crippen molar-refractivity contribution in [1.29, 1.82) is 0 Å². The Morgan fingerprint density at radius 2 is 1.86 bits per heavy atom. The van der Waals surface area contributed by atoms with E-state index in [0.717, 1.165) is 30.7 Å². The van der Waals surface area contributed by atoms with Crippen LogP contribution in [-0.4, -0.2) is 57.3 Å². The van der Waals surface area contributed by atoms with Crippen LogP contribution in [0.4, 0.5) is 0 Å². The van der Waals surface area contributed by atoms with Crippen LogP contribution in [-0.2, 0) is 17.6 Å². The van der Waals surface area contributed by atoms with Gasteiger partial charge in [-0.1, -0.05) is 13.3 Å². The molecular weight excluding hydrogens is 272 g/mol. The number of aryl methyl sites for hydroxylation is 1. The van der Waals surface area contributed by atoms with E-state index in [9.17, 15) is 5.11 Å². The van der Waals surface area contributed by atoms with Gasteiger partial charge in [0.25, 0.3) is 0 Å². The minimum absolute atomic E-state index is 0.0356. The van der Waals surface area contributed by atoms with Crippen LogP contribution in [0.1, 0.15) is 37.6 Å². The minimum atomic E-state index is -0.967. The van der Waals surface area contributed by atoms with Gasteiger partial charge in [0.2, 0.25) is 0 Å². The van der Waals surface area contributed by atoms with Crippen LogP contribution in [0.25, 0.3) is 0 Å². The zero-order chi connectivity index (χ0) is 15.5. The SMILES string of the molecule is CCCCc1cnc(C[C@H](OCCCO)[C@H](O)CO)cn1. The highest BCUT2D eigenvalue weighted by molar-refractivity contribution is 5.04. The number of rotatable bonds is 11. The maximum absolute atomic E-state index is 9.76. The molecule has 0 aliphatic heterocycles. The van der Waals surface area contributed by atoms with Crippen LogP contribution < -0.4 is 0 Å². The van der Waals surface area contributed by atoms with E-state index in [1.54, 1.807) is 12.4 Å². The fourth-order valence-corrected chi connectivity index (χ4v) is 1.90. The van der Waals surface area contributed by atoms with E-state index in [4.69, 9.17) is 14.9 Å². The largest absolute Gasteiger partial charge is 0.396 e. The van der Waals surface area contributed by atoms with Gasteiger partial charge in [0.05, 0.1) is 24.1 Å². The topological polar surface area (TPSA) is 95.7 Å². The van der Waals surface area contributed by atoms with Crippen molar-refractivity contribution in [2.24, 2.45) is 0 Å². The van der Waals surface area contributed by atoms with E-state index in [1.165, 1.54) is 0 Å². The quantitative estimate of drug-likeness (QED) is 0.514. The molecule has 0 aliphatic carbocycles. The Hall–Kier alpha value is -1.08. The lowest BCUT2D eigenvalue weighted by Gasteiger charge is -2.21. The van der Waals surface area contributed by atoms with Gasteiger partial charge in [-0.2, -0.15) is 0 Å². The van der Waals surface area contributed by atoms with Crippen LogP contribution in [0.3, 0.4) is 0 Å². The summed E-state index contributed by atoms with van der Waals surface area (Å²) in [5.74, 6) is 0. The Morgan fingerprint density at radius 3 is 2.43 bits per heavy atom. The highest BCUT2D eigenvalue weighted by Gasteiger charge is 2.20. The van der Waals surface area contributed by atoms with Crippen molar-refractivity contribution < 1.29 is 20.1 Å². The Labute approximate surface area is 125 Å². The molecule has 0 saturated heterocycles. The molecule has 0 aromatic carbocycles. The van der Waals surface area contributed by atoms with E-state index in [1.807, 2.05) is 0 Å². The van der Waals surface area contributed by atoms with Crippen molar-refractivity contribution in [3.05, 3.63) is 23.8 Å². The minimum Gasteiger partial charge on any atom is -0.396 e. The van der Waals surface area contributed by atoms with Gasteiger partial charge in [0.1, 0.15) is 6.10 Å². The summed E-state index contributed by atoms with van der Waals surface area (Å²) in [4.78, 5) is 8.68. The number of nitrogens with zero attached hydrogens (tertiary/aromatic N) is 2. The van der Waals surface area contributed by atoms with E-state index in [-0.39, 0.29) is 13.2 Å². The maximum Gasteiger partial charge on any atom is 0.104 e. The van der Waals surface area contributed by atoms with Crippen molar-refractivity contribution in [3.8, 4) is 0 Å². The van der Waals surface area contributed by atoms with E-state index in [2.05, 4.69) is 16.9 Å². The molecule has 0 saturated carbocycles. The van der Waals surface area contributed by atoms with Gasteiger partial charge in [-0.25, -0.2) is 0 Å². The molecule has 6 heteroatoms. The Kier molecular flexibility index (Phi) is 9.09. The van der Waals surface area contributed by atoms with Crippen LogP contribution in [0.5, 0.6) is 0 Å². The smallest absolute Gasteiger partial charge is 0.104 e. The normalized spacial score (nSPS) is 14.1. The number of unbranched alkanes of at least 4 members (excludes halogenated alkanes) is 1. The van der Waals surface area contributed by atoms with E-state index >= 15 is 0 Å². The average Bonchev–Trinajstić information content (AvgIpc) is 2.52. The fourth-order valence-electron chi connectivity index (χ4n) is 1.90. The van der Waals surface area contributed by atoms with Crippen molar-refractivity contribution >= 4 is 0 Å². The number of aromatic nitrogens is 2. The van der Waals surface area contributed by atoms with Crippen LogP contribution in [0, 0.1) is 0 Å². The lowest BCUT2D eigenvalue weighted by atomic mass is 10.1. The number of ether oxygens (including phenoxy) is 1. The monoisotopic (exact) mass is 298 g/mol. The van der Waals surface area contributed by atoms with Crippen LogP contribution in [0.15, 0.2) is 12.4 Å². The third-order valence-corrected chi connectivity index (χ3v) is 3.21. The van der Waals surface area contributed by atoms with Gasteiger partial charge in [-0.15, -0.1) is 0 Å². The molecular formula is C15H26N2O4. The molecule has 0 radical (unpaired) electrons. The number of hydrogen-bond donors (Lipinski definition) is 3. The lowest BCUT2D eigenvalue weighted by molar-refractivity contribution is -0.0600. The van der Waals surface area contributed by atoms with E-state index < -0.39 is 12.2 Å². The molecule has 0 spiro atoms. The van der Waals surface area contributed by atoms with Crippen molar-refractivity contribution in [3.63, 3.8) is 0 Å². The average molecular weight is 298 g/mol. The summed E-state index contributed by atoms with van der Waals surface area (Å²) in [7, 11) is 0. The van der Waals surface area contributed by atoms with Gasteiger partial charge in [-0.3, -0.25) is 9.97 Å². The second kappa shape index (κ2) is 10.6. The molecule has 0 unspecified atom stereocenters. The predicted octanol–water partition coefficient (Wildman–Crippen LogP) is 0.482. The fraction of sp³-hybridized carbons (Fsp3) is 0.733.